The first kappa shape index (κ1) is 26.1. The monoisotopic (exact) mass is 576 g/mol. The number of aromatic nitrogens is 5. The maximum absolute atomic E-state index is 14.3. The molecule has 218 valence electrons. The number of piperidine rings is 1. The van der Waals surface area contributed by atoms with Gasteiger partial charge < -0.3 is 14.4 Å². The number of nitrogens with zero attached hydrogens (tertiary/aromatic N) is 8. The summed E-state index contributed by atoms with van der Waals surface area (Å²) >= 11 is 0. The van der Waals surface area contributed by atoms with E-state index in [4.69, 9.17) is 0 Å². The number of likely N-dealkylation sites (tertiary alicyclic amines) is 1. The first-order valence-electron chi connectivity index (χ1n) is 14.9. The molecule has 1 amide bonds. The third kappa shape index (κ3) is 4.23. The third-order valence-corrected chi connectivity index (χ3v) is 9.73. The fraction of sp³-hybridized carbons (Fsp3) is 0.333. The van der Waals surface area contributed by atoms with E-state index in [-0.39, 0.29) is 11.7 Å². The molecule has 0 N–H and O–H groups in total. The number of rotatable bonds is 6. The second-order valence-electron chi connectivity index (χ2n) is 12.0. The van der Waals surface area contributed by atoms with Crippen LogP contribution in [0, 0.1) is 5.82 Å². The molecule has 3 aliphatic rings. The first-order valence-corrected chi connectivity index (χ1v) is 14.9. The van der Waals surface area contributed by atoms with Crippen molar-refractivity contribution in [3.63, 3.8) is 0 Å². The molecule has 2 aromatic heterocycles. The summed E-state index contributed by atoms with van der Waals surface area (Å²) in [5.41, 5.74) is 4.66. The molecule has 1 spiro atoms. The van der Waals surface area contributed by atoms with Gasteiger partial charge in [0.1, 0.15) is 17.1 Å². The quantitative estimate of drug-likeness (QED) is 0.298. The smallest absolute Gasteiger partial charge is 0.250 e. The molecule has 5 aromatic rings. The molecule has 8 rings (SSSR count). The zero-order valence-corrected chi connectivity index (χ0v) is 24.1. The Balaban J connectivity index is 1.03. The topological polar surface area (TPSA) is 75.3 Å². The van der Waals surface area contributed by atoms with E-state index in [1.54, 1.807) is 29.3 Å². The summed E-state index contributed by atoms with van der Waals surface area (Å²) in [7, 11) is 1.92. The van der Waals surface area contributed by atoms with Gasteiger partial charge in [0.25, 0.3) is 0 Å². The number of anilines is 1. The average Bonchev–Trinajstić information content (AvgIpc) is 3.81. The van der Waals surface area contributed by atoms with Crippen molar-refractivity contribution in [2.24, 2.45) is 7.05 Å². The lowest BCUT2D eigenvalue weighted by Gasteiger charge is -2.45. The van der Waals surface area contributed by atoms with Crippen LogP contribution in [0.2, 0.25) is 0 Å². The molecule has 1 atom stereocenters. The molecular weight excluding hydrogens is 543 g/mol. The Labute approximate surface area is 249 Å². The normalized spacial score (nSPS) is 19.8. The number of amides is 1. The minimum atomic E-state index is -0.659. The van der Waals surface area contributed by atoms with Crippen LogP contribution >= 0.6 is 0 Å². The highest BCUT2D eigenvalue weighted by molar-refractivity contribution is 5.94. The summed E-state index contributed by atoms with van der Waals surface area (Å²) in [5.74, 6) is -0.138. The molecule has 1 aliphatic carbocycles. The van der Waals surface area contributed by atoms with Crippen LogP contribution in [0.3, 0.4) is 0 Å². The highest BCUT2D eigenvalue weighted by Gasteiger charge is 2.54. The number of benzene rings is 3. The third-order valence-electron chi connectivity index (χ3n) is 9.73. The number of carbonyl (C=O) groups is 1. The van der Waals surface area contributed by atoms with Crippen LogP contribution in [-0.2, 0) is 24.8 Å². The lowest BCUT2D eigenvalue weighted by Crippen LogP contribution is -2.57. The molecule has 2 aliphatic heterocycles. The lowest BCUT2D eigenvalue weighted by atomic mass is 9.84. The molecule has 0 radical (unpaired) electrons. The van der Waals surface area contributed by atoms with E-state index in [1.807, 2.05) is 22.7 Å². The van der Waals surface area contributed by atoms with Gasteiger partial charge in [-0.3, -0.25) is 14.4 Å². The first-order chi connectivity index (χ1) is 21.0. The highest BCUT2D eigenvalue weighted by atomic mass is 19.1. The Morgan fingerprint density at radius 1 is 1.00 bits per heavy atom. The Morgan fingerprint density at radius 3 is 2.56 bits per heavy atom. The summed E-state index contributed by atoms with van der Waals surface area (Å²) in [5, 5.41) is 11.3. The van der Waals surface area contributed by atoms with Crippen LogP contribution in [0.1, 0.15) is 30.0 Å². The SMILES string of the molecule is Cn1cncc1-c1cn(CCN2CN(c3ccc(F)cc3)C3(CCN([C@@H]4Cc5cccc6cccc4c56)CC3)C2=O)nn1. The van der Waals surface area contributed by atoms with Gasteiger partial charge in [0.05, 0.1) is 37.6 Å². The summed E-state index contributed by atoms with van der Waals surface area (Å²) in [6.07, 6.45) is 7.83. The van der Waals surface area contributed by atoms with E-state index in [9.17, 15) is 9.18 Å². The van der Waals surface area contributed by atoms with Crippen molar-refractivity contribution in [2.75, 3.05) is 31.2 Å². The summed E-state index contributed by atoms with van der Waals surface area (Å²) in [6, 6.07) is 20.1. The Hall–Kier alpha value is -4.57. The molecule has 0 bridgehead atoms. The van der Waals surface area contributed by atoms with Crippen molar-refractivity contribution in [3.05, 3.63) is 96.3 Å². The second-order valence-corrected chi connectivity index (χ2v) is 12.0. The zero-order valence-electron chi connectivity index (χ0n) is 24.1. The summed E-state index contributed by atoms with van der Waals surface area (Å²) in [6.45, 7) is 3.14. The van der Waals surface area contributed by atoms with E-state index in [0.29, 0.717) is 25.8 Å². The van der Waals surface area contributed by atoms with Gasteiger partial charge in [0, 0.05) is 38.4 Å². The summed E-state index contributed by atoms with van der Waals surface area (Å²) in [4.78, 5) is 25.2. The molecule has 0 saturated carbocycles. The lowest BCUT2D eigenvalue weighted by molar-refractivity contribution is -0.134. The fourth-order valence-electron chi connectivity index (χ4n) is 7.49. The van der Waals surface area contributed by atoms with Crippen LogP contribution in [0.25, 0.3) is 22.2 Å². The van der Waals surface area contributed by atoms with Crippen LogP contribution in [0.15, 0.2) is 79.4 Å². The molecule has 43 heavy (non-hydrogen) atoms. The minimum absolute atomic E-state index is 0.139. The minimum Gasteiger partial charge on any atom is -0.339 e. The maximum Gasteiger partial charge on any atom is 0.250 e. The van der Waals surface area contributed by atoms with Crippen molar-refractivity contribution in [2.45, 2.75) is 37.4 Å². The fourth-order valence-corrected chi connectivity index (χ4v) is 7.49. The molecule has 3 aromatic carbocycles. The van der Waals surface area contributed by atoms with Gasteiger partial charge >= 0.3 is 0 Å². The number of hydrogen-bond donors (Lipinski definition) is 0. The predicted molar refractivity (Wildman–Crippen MR) is 162 cm³/mol. The van der Waals surface area contributed by atoms with Gasteiger partial charge in [-0.15, -0.1) is 5.10 Å². The van der Waals surface area contributed by atoms with E-state index in [2.05, 4.69) is 61.5 Å². The zero-order chi connectivity index (χ0) is 29.1. The molecule has 0 unspecified atom stereocenters. The Morgan fingerprint density at radius 2 is 1.79 bits per heavy atom. The predicted octanol–water partition coefficient (Wildman–Crippen LogP) is 4.41. The van der Waals surface area contributed by atoms with Crippen molar-refractivity contribution >= 4 is 22.4 Å². The maximum atomic E-state index is 14.3. The number of imidazole rings is 1. The van der Waals surface area contributed by atoms with E-state index in [1.165, 1.54) is 34.0 Å². The molecule has 4 heterocycles. The van der Waals surface area contributed by atoms with Crippen molar-refractivity contribution in [3.8, 4) is 11.4 Å². The number of hydrogen-bond acceptors (Lipinski definition) is 6. The van der Waals surface area contributed by atoms with Gasteiger partial charge in [-0.1, -0.05) is 41.6 Å². The van der Waals surface area contributed by atoms with Gasteiger partial charge in [0.15, 0.2) is 0 Å². The van der Waals surface area contributed by atoms with Gasteiger partial charge in [-0.25, -0.2) is 9.37 Å². The van der Waals surface area contributed by atoms with Gasteiger partial charge in [-0.2, -0.15) is 0 Å². The molecule has 9 nitrogen and oxygen atoms in total. The van der Waals surface area contributed by atoms with Gasteiger partial charge in [-0.05, 0) is 65.4 Å². The van der Waals surface area contributed by atoms with Crippen LogP contribution in [-0.4, -0.2) is 72.1 Å². The molecule has 2 fully saturated rings. The number of aryl methyl sites for hydroxylation is 1. The van der Waals surface area contributed by atoms with Crippen molar-refractivity contribution in [1.82, 2.24) is 34.3 Å². The Kier molecular flexibility index (Phi) is 6.08. The van der Waals surface area contributed by atoms with Crippen molar-refractivity contribution < 1.29 is 9.18 Å². The number of carbonyl (C=O) groups excluding carboxylic acids is 1. The summed E-state index contributed by atoms with van der Waals surface area (Å²) < 4.78 is 17.6. The van der Waals surface area contributed by atoms with E-state index in [0.717, 1.165) is 49.4 Å². The van der Waals surface area contributed by atoms with Crippen LogP contribution in [0.5, 0.6) is 0 Å². The van der Waals surface area contributed by atoms with Gasteiger partial charge in [0.2, 0.25) is 5.91 Å². The van der Waals surface area contributed by atoms with E-state index >= 15 is 0 Å². The Bertz CT molecular complexity index is 1820. The van der Waals surface area contributed by atoms with Crippen LogP contribution in [0.4, 0.5) is 10.1 Å². The van der Waals surface area contributed by atoms with Crippen molar-refractivity contribution in [1.29, 1.82) is 0 Å². The van der Waals surface area contributed by atoms with E-state index < -0.39 is 5.54 Å². The average molecular weight is 577 g/mol. The second kappa shape index (κ2) is 10.0. The highest BCUT2D eigenvalue weighted by Crippen LogP contribution is 2.45. The molecule has 10 heteroatoms. The molecular formula is C33H33FN8O. The molecule has 2 saturated heterocycles. The largest absolute Gasteiger partial charge is 0.339 e. The number of halogens is 1. The van der Waals surface area contributed by atoms with Crippen LogP contribution < -0.4 is 4.90 Å². The standard InChI is InChI=1S/C33H33FN8O/c1-38-21-35-19-30(38)28-20-41(37-36-28)17-16-40-22-42(26-10-8-25(34)9-11-26)33(32(40)43)12-14-39(15-13-33)29-18-24-6-2-4-23-5-3-7-27(29)31(23)24/h2-11,19-21,29H,12-18,22H2,1H3/t29-/m1/s1.